The third kappa shape index (κ3) is 9.84. The Labute approximate surface area is 315 Å². The summed E-state index contributed by atoms with van der Waals surface area (Å²) in [5.41, 5.74) is -1.45. The highest BCUT2D eigenvalue weighted by Crippen LogP contribution is 2.40. The lowest BCUT2D eigenvalue weighted by molar-refractivity contribution is -0.297. The molecule has 53 heavy (non-hydrogen) atoms. The van der Waals surface area contributed by atoms with Gasteiger partial charge in [-0.25, -0.2) is 4.79 Å². The number of carbonyl (C=O) groups is 4. The number of alkyl carbamates (subject to hydrolysis) is 1. The summed E-state index contributed by atoms with van der Waals surface area (Å²) >= 11 is 0. The minimum Gasteiger partial charge on any atom is -0.458 e. The number of fused-ring (bicyclic) bond motifs is 1. The Morgan fingerprint density at radius 3 is 2.30 bits per heavy atom. The summed E-state index contributed by atoms with van der Waals surface area (Å²) in [6, 6.07) is 9.04. The number of carbonyl (C=O) groups excluding carboxylic acids is 4. The molecule has 0 aliphatic carbocycles. The van der Waals surface area contributed by atoms with Crippen LogP contribution in [0.1, 0.15) is 80.2 Å². The smallest absolute Gasteiger partial charge is 0.408 e. The number of cyclic esters (lactones) is 1. The van der Waals surface area contributed by atoms with Crippen molar-refractivity contribution < 1.29 is 48.0 Å². The van der Waals surface area contributed by atoms with Crippen molar-refractivity contribution in [1.82, 2.24) is 15.5 Å². The molecule has 13 nitrogen and oxygen atoms in total. The summed E-state index contributed by atoms with van der Waals surface area (Å²) in [4.78, 5) is 57.1. The number of likely N-dealkylation sites (N-methyl/N-ethyl adjacent to an activating group) is 1. The SMILES string of the molecule is CC[C@H]1OC(=O)[C@H](C)C(=O)[C@H](C)[C@@H](O[C@@H]2O[C@H](C)C[C@H](N(C)C)[C@H]2O)[C@](C)(OCCNCCc2ccccc2)C[C@@H](C)C(=O)[C@H](C)[C@H]2NC(=O)O[C@@]21C. The molecule has 298 valence electrons. The van der Waals surface area contributed by atoms with Gasteiger partial charge in [-0.3, -0.25) is 14.4 Å². The first kappa shape index (κ1) is 42.8. The fourth-order valence-electron chi connectivity index (χ4n) is 8.49. The van der Waals surface area contributed by atoms with E-state index in [2.05, 4.69) is 22.8 Å². The van der Waals surface area contributed by atoms with Crippen LogP contribution in [-0.2, 0) is 44.5 Å². The Hall–Kier alpha value is -2.94. The number of hydrogen-bond acceptors (Lipinski definition) is 12. The molecule has 3 aliphatic rings. The van der Waals surface area contributed by atoms with E-state index in [0.29, 0.717) is 19.5 Å². The maximum Gasteiger partial charge on any atom is 0.408 e. The molecule has 13 atom stereocenters. The van der Waals surface area contributed by atoms with Crippen molar-refractivity contribution in [2.24, 2.45) is 23.7 Å². The van der Waals surface area contributed by atoms with Gasteiger partial charge in [-0.2, -0.15) is 0 Å². The predicted molar refractivity (Wildman–Crippen MR) is 198 cm³/mol. The molecule has 0 radical (unpaired) electrons. The topological polar surface area (TPSA) is 162 Å². The van der Waals surface area contributed by atoms with Crippen LogP contribution in [0.2, 0.25) is 0 Å². The highest BCUT2D eigenvalue weighted by Gasteiger charge is 2.57. The number of benzene rings is 1. The van der Waals surface area contributed by atoms with Gasteiger partial charge in [-0.15, -0.1) is 0 Å². The second kappa shape index (κ2) is 18.1. The van der Waals surface area contributed by atoms with E-state index in [4.69, 9.17) is 23.7 Å². The standard InChI is InChI=1S/C40H63N3O10/c1-11-30-40(8)34(42-38(48)53-40)25(4)31(44)23(2)22-39(7,49-20-19-41-18-17-28-15-13-12-14-16-28)35(26(5)32(45)27(6)36(47)51-30)52-37-33(46)29(43(9)10)21-24(3)50-37/h12-16,23-27,29-30,33-35,37,41,46H,11,17-22H2,1-10H3,(H,42,48)/t23-,24-,25+,26+,27-,29+,30-,33-,34-,35-,37+,39-,40-/m1/s1. The Kier molecular flexibility index (Phi) is 14.6. The molecule has 0 spiro atoms. The largest absolute Gasteiger partial charge is 0.458 e. The molecule has 1 amide bonds. The molecule has 3 N–H and O–H groups in total. The second-order valence-corrected chi connectivity index (χ2v) is 16.0. The molecule has 3 aliphatic heterocycles. The third-order valence-electron chi connectivity index (χ3n) is 11.6. The van der Waals surface area contributed by atoms with Gasteiger partial charge in [0.1, 0.15) is 23.9 Å². The number of Topliss-reactive ketones (excluding diaryl/α,β-unsaturated/α-hetero) is 2. The Morgan fingerprint density at radius 1 is 0.981 bits per heavy atom. The van der Waals surface area contributed by atoms with Gasteiger partial charge in [0.05, 0.1) is 30.5 Å². The molecule has 0 saturated carbocycles. The summed E-state index contributed by atoms with van der Waals surface area (Å²) in [5, 5.41) is 17.7. The van der Waals surface area contributed by atoms with Gasteiger partial charge in [0.25, 0.3) is 0 Å². The number of aliphatic hydroxyl groups excluding tert-OH is 1. The molecular formula is C40H63N3O10. The zero-order chi connectivity index (χ0) is 39.2. The molecule has 4 rings (SSSR count). The predicted octanol–water partition coefficient (Wildman–Crippen LogP) is 3.68. The zero-order valence-corrected chi connectivity index (χ0v) is 33.3. The van der Waals surface area contributed by atoms with Crippen LogP contribution in [0.15, 0.2) is 30.3 Å². The van der Waals surface area contributed by atoms with E-state index >= 15 is 0 Å². The molecular weight excluding hydrogens is 682 g/mol. The molecule has 1 aromatic rings. The van der Waals surface area contributed by atoms with Crippen LogP contribution >= 0.6 is 0 Å². The summed E-state index contributed by atoms with van der Waals surface area (Å²) in [6.07, 6.45) is -3.34. The molecule has 3 heterocycles. The number of aliphatic hydroxyl groups is 1. The van der Waals surface area contributed by atoms with Crippen LogP contribution in [0, 0.1) is 23.7 Å². The van der Waals surface area contributed by atoms with Crippen molar-refractivity contribution in [1.29, 1.82) is 0 Å². The average Bonchev–Trinajstić information content (AvgIpc) is 3.44. The summed E-state index contributed by atoms with van der Waals surface area (Å²) in [7, 11) is 3.76. The lowest BCUT2D eigenvalue weighted by atomic mass is 9.73. The number of hydrogen-bond donors (Lipinski definition) is 3. The number of nitrogens with one attached hydrogen (secondary N) is 2. The quantitative estimate of drug-likeness (QED) is 0.172. The fourth-order valence-corrected chi connectivity index (χ4v) is 8.49. The molecule has 3 saturated heterocycles. The molecule has 0 bridgehead atoms. The summed E-state index contributed by atoms with van der Waals surface area (Å²) in [6.45, 7) is 15.3. The van der Waals surface area contributed by atoms with Gasteiger partial charge in [-0.05, 0) is 79.6 Å². The summed E-state index contributed by atoms with van der Waals surface area (Å²) < 4.78 is 31.3. The molecule has 13 heteroatoms. The molecule has 0 aromatic heterocycles. The number of rotatable bonds is 11. The first-order chi connectivity index (χ1) is 24.9. The van der Waals surface area contributed by atoms with Gasteiger partial charge in [0.15, 0.2) is 17.7 Å². The molecule has 0 unspecified atom stereocenters. The maximum absolute atomic E-state index is 14.4. The third-order valence-corrected chi connectivity index (χ3v) is 11.6. The Bertz CT molecular complexity index is 1410. The molecule has 3 fully saturated rings. The van der Waals surface area contributed by atoms with Crippen molar-refractivity contribution in [2.45, 2.75) is 135 Å². The monoisotopic (exact) mass is 745 g/mol. The van der Waals surface area contributed by atoms with Crippen molar-refractivity contribution in [2.75, 3.05) is 33.8 Å². The fraction of sp³-hybridized carbons (Fsp3) is 0.750. The van der Waals surface area contributed by atoms with Crippen LogP contribution in [0.3, 0.4) is 0 Å². The van der Waals surface area contributed by atoms with Crippen LogP contribution in [-0.4, -0.2) is 121 Å². The van der Waals surface area contributed by atoms with E-state index in [0.717, 1.165) is 6.42 Å². The second-order valence-electron chi connectivity index (χ2n) is 16.0. The number of ketones is 2. The van der Waals surface area contributed by atoms with Crippen molar-refractivity contribution in [3.8, 4) is 0 Å². The number of esters is 1. The minimum atomic E-state index is -1.36. The first-order valence-electron chi connectivity index (χ1n) is 19.2. The van der Waals surface area contributed by atoms with E-state index in [1.807, 2.05) is 51.0 Å². The highest BCUT2D eigenvalue weighted by molar-refractivity contribution is 6.00. The van der Waals surface area contributed by atoms with Gasteiger partial charge < -0.3 is 44.3 Å². The maximum atomic E-state index is 14.4. The van der Waals surface area contributed by atoms with Gasteiger partial charge in [0, 0.05) is 30.3 Å². The normalized spacial score (nSPS) is 38.8. The number of amides is 1. The van der Waals surface area contributed by atoms with Crippen molar-refractivity contribution in [3.63, 3.8) is 0 Å². The van der Waals surface area contributed by atoms with Crippen LogP contribution < -0.4 is 10.6 Å². The Morgan fingerprint density at radius 2 is 1.66 bits per heavy atom. The number of ether oxygens (including phenoxy) is 5. The van der Waals surface area contributed by atoms with Crippen molar-refractivity contribution >= 4 is 23.6 Å². The molecule has 1 aromatic carbocycles. The Balaban J connectivity index is 1.72. The summed E-state index contributed by atoms with van der Waals surface area (Å²) in [5.74, 6) is -4.95. The lowest BCUT2D eigenvalue weighted by Gasteiger charge is -2.47. The van der Waals surface area contributed by atoms with Crippen molar-refractivity contribution in [3.05, 3.63) is 35.9 Å². The van der Waals surface area contributed by atoms with E-state index in [1.165, 1.54) is 12.5 Å². The van der Waals surface area contributed by atoms with Crippen LogP contribution in [0.25, 0.3) is 0 Å². The van der Waals surface area contributed by atoms with Gasteiger partial charge in [0.2, 0.25) is 0 Å². The van der Waals surface area contributed by atoms with Gasteiger partial charge in [-0.1, -0.05) is 58.0 Å². The van der Waals surface area contributed by atoms with Crippen LogP contribution in [0.4, 0.5) is 4.79 Å². The van der Waals surface area contributed by atoms with E-state index in [1.54, 1.807) is 34.6 Å². The van der Waals surface area contributed by atoms with E-state index < -0.39 is 83.4 Å². The van der Waals surface area contributed by atoms with Gasteiger partial charge >= 0.3 is 12.1 Å². The van der Waals surface area contributed by atoms with E-state index in [9.17, 15) is 24.3 Å². The first-order valence-corrected chi connectivity index (χ1v) is 19.2. The van der Waals surface area contributed by atoms with E-state index in [-0.39, 0.29) is 37.4 Å². The van der Waals surface area contributed by atoms with Crippen LogP contribution in [0.5, 0.6) is 0 Å². The zero-order valence-electron chi connectivity index (χ0n) is 33.3. The minimum absolute atomic E-state index is 0.131. The average molecular weight is 746 g/mol. The lowest BCUT2D eigenvalue weighted by Crippen LogP contribution is -2.60. The highest BCUT2D eigenvalue weighted by atomic mass is 16.7. The number of nitrogens with zero attached hydrogens (tertiary/aromatic N) is 1.